The molecule has 0 radical (unpaired) electrons. The van der Waals surface area contributed by atoms with Gasteiger partial charge in [0.1, 0.15) is 0 Å². The molecule has 1 unspecified atom stereocenters. The van der Waals surface area contributed by atoms with E-state index in [9.17, 15) is 4.79 Å². The van der Waals surface area contributed by atoms with Crippen LogP contribution in [0.4, 0.5) is 0 Å². The highest BCUT2D eigenvalue weighted by molar-refractivity contribution is 5.45. The molecule has 1 atom stereocenters. The molecule has 0 aliphatic carbocycles. The largest absolute Gasteiger partial charge is 0.390 e. The zero-order valence-electron chi connectivity index (χ0n) is 6.13. The van der Waals surface area contributed by atoms with Crippen molar-refractivity contribution in [1.82, 2.24) is 10.6 Å². The summed E-state index contributed by atoms with van der Waals surface area (Å²) < 4.78 is 0. The number of amides is 1. The van der Waals surface area contributed by atoms with Crippen molar-refractivity contribution in [1.29, 1.82) is 0 Å². The van der Waals surface area contributed by atoms with Crippen molar-refractivity contribution in [2.75, 3.05) is 19.6 Å². The molecule has 10 heavy (non-hydrogen) atoms. The van der Waals surface area contributed by atoms with E-state index in [-0.39, 0.29) is 0 Å². The van der Waals surface area contributed by atoms with Gasteiger partial charge in [0.2, 0.25) is 6.41 Å². The number of rotatable bonds is 6. The van der Waals surface area contributed by atoms with Crippen LogP contribution in [0.1, 0.15) is 6.92 Å². The third-order valence-electron chi connectivity index (χ3n) is 1.07. The zero-order valence-corrected chi connectivity index (χ0v) is 6.13. The minimum atomic E-state index is -0.481. The lowest BCUT2D eigenvalue weighted by molar-refractivity contribution is -0.109. The van der Waals surface area contributed by atoms with Gasteiger partial charge in [-0.2, -0.15) is 0 Å². The summed E-state index contributed by atoms with van der Waals surface area (Å²) in [5.74, 6) is 0. The Bertz CT molecular complexity index is 87.8. The van der Waals surface area contributed by atoms with Crippen LogP contribution in [0, 0.1) is 0 Å². The second kappa shape index (κ2) is 6.51. The molecule has 0 saturated heterocycles. The Morgan fingerprint density at radius 3 is 2.80 bits per heavy atom. The number of likely N-dealkylation sites (N-methyl/N-ethyl adjacent to an activating group) is 1. The predicted molar refractivity (Wildman–Crippen MR) is 38.6 cm³/mol. The van der Waals surface area contributed by atoms with E-state index in [1.54, 1.807) is 0 Å². The van der Waals surface area contributed by atoms with Crippen molar-refractivity contribution in [2.45, 2.75) is 13.0 Å². The molecular weight excluding hydrogens is 132 g/mol. The van der Waals surface area contributed by atoms with Gasteiger partial charge in [-0.25, -0.2) is 0 Å². The number of hydrogen-bond donors (Lipinski definition) is 3. The second-order valence-corrected chi connectivity index (χ2v) is 1.99. The van der Waals surface area contributed by atoms with Crippen LogP contribution in [0.15, 0.2) is 0 Å². The van der Waals surface area contributed by atoms with E-state index in [4.69, 9.17) is 5.11 Å². The lowest BCUT2D eigenvalue weighted by atomic mass is 10.3. The van der Waals surface area contributed by atoms with E-state index in [1.165, 1.54) is 0 Å². The summed E-state index contributed by atoms with van der Waals surface area (Å²) in [5.41, 5.74) is 0. The molecule has 3 N–H and O–H groups in total. The zero-order chi connectivity index (χ0) is 7.82. The highest BCUT2D eigenvalue weighted by Crippen LogP contribution is 1.74. The molecule has 0 aromatic heterocycles. The van der Waals surface area contributed by atoms with Gasteiger partial charge in [-0.05, 0) is 6.54 Å². The molecule has 0 aromatic carbocycles. The van der Waals surface area contributed by atoms with Crippen LogP contribution in [-0.2, 0) is 4.79 Å². The van der Waals surface area contributed by atoms with Crippen LogP contribution in [0.2, 0.25) is 0 Å². The fraction of sp³-hybridized carbons (Fsp3) is 0.833. The lowest BCUT2D eigenvalue weighted by Gasteiger charge is -2.08. The molecule has 0 fully saturated rings. The fourth-order valence-electron chi connectivity index (χ4n) is 0.567. The minimum Gasteiger partial charge on any atom is -0.390 e. The molecular formula is C6H14N2O2. The summed E-state index contributed by atoms with van der Waals surface area (Å²) >= 11 is 0. The van der Waals surface area contributed by atoms with Gasteiger partial charge in [-0.3, -0.25) is 4.79 Å². The lowest BCUT2D eigenvalue weighted by Crippen LogP contribution is -2.34. The fourth-order valence-corrected chi connectivity index (χ4v) is 0.567. The molecule has 0 rings (SSSR count). The van der Waals surface area contributed by atoms with Gasteiger partial charge in [0, 0.05) is 13.1 Å². The predicted octanol–water partition coefficient (Wildman–Crippen LogP) is -1.30. The van der Waals surface area contributed by atoms with Crippen LogP contribution < -0.4 is 10.6 Å². The molecule has 0 spiro atoms. The van der Waals surface area contributed by atoms with Crippen LogP contribution in [0.3, 0.4) is 0 Å². The average molecular weight is 146 g/mol. The van der Waals surface area contributed by atoms with Gasteiger partial charge < -0.3 is 15.7 Å². The Labute approximate surface area is 60.6 Å². The maximum absolute atomic E-state index is 9.74. The number of aliphatic hydroxyl groups excluding tert-OH is 1. The summed E-state index contributed by atoms with van der Waals surface area (Å²) in [5, 5.41) is 14.4. The van der Waals surface area contributed by atoms with Crippen LogP contribution in [0.5, 0.6) is 0 Å². The van der Waals surface area contributed by atoms with Crippen molar-refractivity contribution >= 4 is 6.41 Å². The van der Waals surface area contributed by atoms with Gasteiger partial charge in [-0.15, -0.1) is 0 Å². The number of hydrogen-bond acceptors (Lipinski definition) is 3. The third-order valence-corrected chi connectivity index (χ3v) is 1.07. The smallest absolute Gasteiger partial charge is 0.207 e. The average Bonchev–Trinajstić information content (AvgIpc) is 1.97. The first-order chi connectivity index (χ1) is 4.81. The Morgan fingerprint density at radius 1 is 1.60 bits per heavy atom. The van der Waals surface area contributed by atoms with E-state index in [2.05, 4.69) is 10.6 Å². The van der Waals surface area contributed by atoms with Crippen molar-refractivity contribution in [3.63, 3.8) is 0 Å². The first-order valence-corrected chi connectivity index (χ1v) is 3.37. The van der Waals surface area contributed by atoms with Gasteiger partial charge in [-0.1, -0.05) is 6.92 Å². The molecule has 4 nitrogen and oxygen atoms in total. The summed E-state index contributed by atoms with van der Waals surface area (Å²) in [7, 11) is 0. The molecule has 0 saturated carbocycles. The topological polar surface area (TPSA) is 61.4 Å². The SMILES string of the molecule is CCNCC(O)CNC=O. The second-order valence-electron chi connectivity index (χ2n) is 1.99. The third kappa shape index (κ3) is 5.53. The molecule has 0 aliphatic heterocycles. The number of nitrogens with one attached hydrogen (secondary N) is 2. The van der Waals surface area contributed by atoms with E-state index >= 15 is 0 Å². The summed E-state index contributed by atoms with van der Waals surface area (Å²) in [4.78, 5) is 9.74. The molecule has 60 valence electrons. The Kier molecular flexibility index (Phi) is 6.11. The van der Waals surface area contributed by atoms with Gasteiger partial charge in [0.05, 0.1) is 6.10 Å². The first kappa shape index (κ1) is 9.39. The maximum Gasteiger partial charge on any atom is 0.207 e. The summed E-state index contributed by atoms with van der Waals surface area (Å²) in [6, 6.07) is 0. The van der Waals surface area contributed by atoms with Crippen molar-refractivity contribution in [2.24, 2.45) is 0 Å². The highest BCUT2D eigenvalue weighted by atomic mass is 16.3. The summed E-state index contributed by atoms with van der Waals surface area (Å²) in [6.45, 7) is 3.63. The quantitative estimate of drug-likeness (QED) is 0.408. The Hall–Kier alpha value is -0.610. The number of carbonyl (C=O) groups excluding carboxylic acids is 1. The van der Waals surface area contributed by atoms with Gasteiger partial charge in [0.15, 0.2) is 0 Å². The van der Waals surface area contributed by atoms with Crippen molar-refractivity contribution < 1.29 is 9.90 Å². The van der Waals surface area contributed by atoms with Gasteiger partial charge >= 0.3 is 0 Å². The van der Waals surface area contributed by atoms with E-state index < -0.39 is 6.10 Å². The summed E-state index contributed by atoms with van der Waals surface area (Å²) in [6.07, 6.45) is 0.0972. The number of carbonyl (C=O) groups is 1. The number of aliphatic hydroxyl groups is 1. The normalized spacial score (nSPS) is 12.6. The maximum atomic E-state index is 9.74. The minimum absolute atomic E-state index is 0.316. The van der Waals surface area contributed by atoms with Crippen molar-refractivity contribution in [3.8, 4) is 0 Å². The molecule has 1 amide bonds. The molecule has 4 heteroatoms. The molecule has 0 aliphatic rings. The van der Waals surface area contributed by atoms with Crippen molar-refractivity contribution in [3.05, 3.63) is 0 Å². The molecule has 0 bridgehead atoms. The molecule has 0 aromatic rings. The van der Waals surface area contributed by atoms with Crippen LogP contribution in [0.25, 0.3) is 0 Å². The monoisotopic (exact) mass is 146 g/mol. The van der Waals surface area contributed by atoms with E-state index in [1.807, 2.05) is 6.92 Å². The Balaban J connectivity index is 3.07. The van der Waals surface area contributed by atoms with Crippen LogP contribution in [-0.4, -0.2) is 37.3 Å². The van der Waals surface area contributed by atoms with Crippen LogP contribution >= 0.6 is 0 Å². The van der Waals surface area contributed by atoms with Gasteiger partial charge in [0.25, 0.3) is 0 Å². The Morgan fingerprint density at radius 2 is 2.30 bits per heavy atom. The standard InChI is InChI=1S/C6H14N2O2/c1-2-7-3-6(10)4-8-5-9/h5-7,10H,2-4H2,1H3,(H,8,9). The van der Waals surface area contributed by atoms with E-state index in [0.717, 1.165) is 6.54 Å². The molecule has 0 heterocycles. The first-order valence-electron chi connectivity index (χ1n) is 3.37. The highest BCUT2D eigenvalue weighted by Gasteiger charge is 1.99. The van der Waals surface area contributed by atoms with E-state index in [0.29, 0.717) is 19.5 Å².